The summed E-state index contributed by atoms with van der Waals surface area (Å²) in [6.07, 6.45) is 0. The maximum atomic E-state index is 13.2. The van der Waals surface area contributed by atoms with Gasteiger partial charge in [-0.1, -0.05) is 29.8 Å². The molecule has 0 aliphatic rings. The lowest BCUT2D eigenvalue weighted by Crippen LogP contribution is -2.31. The van der Waals surface area contributed by atoms with Gasteiger partial charge in [-0.15, -0.1) is 0 Å². The Labute approximate surface area is 173 Å². The van der Waals surface area contributed by atoms with E-state index in [0.717, 1.165) is 0 Å². The lowest BCUT2D eigenvalue weighted by molar-refractivity contribution is 0.102. The number of anilines is 2. The lowest BCUT2D eigenvalue weighted by atomic mass is 10.2. The number of nitrogens with zero attached hydrogens (tertiary/aromatic N) is 1. The SMILES string of the molecule is CCN(c1ccccc1)S(=O)(=O)c1ccc(Cl)c(C(=O)Nc2ccc(F)cc2)c1. The summed E-state index contributed by atoms with van der Waals surface area (Å²) in [7, 11) is -3.91. The van der Waals surface area contributed by atoms with Crippen LogP contribution in [0.4, 0.5) is 15.8 Å². The molecule has 3 aromatic carbocycles. The highest BCUT2D eigenvalue weighted by molar-refractivity contribution is 7.92. The molecule has 0 aliphatic carbocycles. The Hall–Kier alpha value is -2.90. The standard InChI is InChI=1S/C21H18ClFN2O3S/c1-2-25(17-6-4-3-5-7-17)29(27,28)18-12-13-20(22)19(14-18)21(26)24-16-10-8-15(23)9-11-16/h3-14H,2H2,1H3,(H,24,26). The zero-order valence-corrected chi connectivity index (χ0v) is 17.0. The highest BCUT2D eigenvalue weighted by Gasteiger charge is 2.25. The van der Waals surface area contributed by atoms with Gasteiger partial charge in [0.15, 0.2) is 0 Å². The van der Waals surface area contributed by atoms with Crippen LogP contribution in [-0.2, 0) is 10.0 Å². The van der Waals surface area contributed by atoms with E-state index in [4.69, 9.17) is 11.6 Å². The number of benzene rings is 3. The Morgan fingerprint density at radius 2 is 1.69 bits per heavy atom. The quantitative estimate of drug-likeness (QED) is 0.599. The van der Waals surface area contributed by atoms with Gasteiger partial charge in [-0.25, -0.2) is 12.8 Å². The molecule has 0 aromatic heterocycles. The van der Waals surface area contributed by atoms with Crippen LogP contribution in [-0.4, -0.2) is 20.9 Å². The summed E-state index contributed by atoms with van der Waals surface area (Å²) in [6.45, 7) is 1.94. The van der Waals surface area contributed by atoms with Crippen molar-refractivity contribution in [3.63, 3.8) is 0 Å². The predicted molar refractivity (Wildman–Crippen MR) is 112 cm³/mol. The molecule has 0 heterocycles. The number of carbonyl (C=O) groups is 1. The number of amides is 1. The van der Waals surface area contributed by atoms with E-state index in [1.165, 1.54) is 46.8 Å². The fraction of sp³-hybridized carbons (Fsp3) is 0.0952. The zero-order valence-electron chi connectivity index (χ0n) is 15.5. The third-order valence-corrected chi connectivity index (χ3v) is 6.43. The molecule has 0 saturated heterocycles. The van der Waals surface area contributed by atoms with Crippen molar-refractivity contribution < 1.29 is 17.6 Å². The normalized spacial score (nSPS) is 11.1. The Morgan fingerprint density at radius 3 is 2.31 bits per heavy atom. The first kappa shape index (κ1) is 20.8. The van der Waals surface area contributed by atoms with Gasteiger partial charge in [0.1, 0.15) is 5.82 Å². The van der Waals surface area contributed by atoms with E-state index in [1.807, 2.05) is 0 Å². The molecule has 0 bridgehead atoms. The van der Waals surface area contributed by atoms with Gasteiger partial charge in [0.2, 0.25) is 0 Å². The molecular formula is C21H18ClFN2O3S. The Bertz CT molecular complexity index is 1120. The molecule has 0 aliphatic heterocycles. The molecule has 3 rings (SSSR count). The van der Waals surface area contributed by atoms with Gasteiger partial charge in [-0.2, -0.15) is 0 Å². The molecule has 8 heteroatoms. The summed E-state index contributed by atoms with van der Waals surface area (Å²) in [6, 6.07) is 17.9. The maximum Gasteiger partial charge on any atom is 0.264 e. The maximum absolute atomic E-state index is 13.2. The average molecular weight is 433 g/mol. The highest BCUT2D eigenvalue weighted by atomic mass is 35.5. The minimum absolute atomic E-state index is 0.00109. The van der Waals surface area contributed by atoms with Gasteiger partial charge < -0.3 is 5.32 Å². The summed E-state index contributed by atoms with van der Waals surface area (Å²) in [5.74, 6) is -1.03. The molecule has 0 saturated carbocycles. The van der Waals surface area contributed by atoms with Crippen LogP contribution < -0.4 is 9.62 Å². The van der Waals surface area contributed by atoms with E-state index in [1.54, 1.807) is 37.3 Å². The number of nitrogens with one attached hydrogen (secondary N) is 1. The van der Waals surface area contributed by atoms with Crippen LogP contribution >= 0.6 is 11.6 Å². The van der Waals surface area contributed by atoms with Gasteiger partial charge in [-0.3, -0.25) is 9.10 Å². The second kappa shape index (κ2) is 8.63. The number of rotatable bonds is 6. The van der Waals surface area contributed by atoms with Crippen molar-refractivity contribution >= 4 is 38.9 Å². The van der Waals surface area contributed by atoms with Gasteiger partial charge >= 0.3 is 0 Å². The van der Waals surface area contributed by atoms with E-state index in [0.29, 0.717) is 11.4 Å². The van der Waals surface area contributed by atoms with Crippen molar-refractivity contribution in [2.24, 2.45) is 0 Å². The van der Waals surface area contributed by atoms with Crippen LogP contribution in [0.5, 0.6) is 0 Å². The van der Waals surface area contributed by atoms with Crippen LogP contribution in [0.1, 0.15) is 17.3 Å². The van der Waals surface area contributed by atoms with Gasteiger partial charge in [-0.05, 0) is 61.5 Å². The van der Waals surface area contributed by atoms with E-state index in [9.17, 15) is 17.6 Å². The molecule has 3 aromatic rings. The number of para-hydroxylation sites is 1. The van der Waals surface area contributed by atoms with Crippen molar-refractivity contribution in [1.29, 1.82) is 0 Å². The van der Waals surface area contributed by atoms with Crippen molar-refractivity contribution in [2.45, 2.75) is 11.8 Å². The molecule has 0 radical (unpaired) electrons. The summed E-state index contributed by atoms with van der Waals surface area (Å²) in [5, 5.41) is 2.68. The Morgan fingerprint density at radius 1 is 1.03 bits per heavy atom. The summed E-state index contributed by atoms with van der Waals surface area (Å²) < 4.78 is 40.6. The van der Waals surface area contributed by atoms with Crippen LogP contribution in [0.15, 0.2) is 77.7 Å². The molecule has 0 spiro atoms. The average Bonchev–Trinajstić information content (AvgIpc) is 2.71. The third-order valence-electron chi connectivity index (χ3n) is 4.20. The van der Waals surface area contributed by atoms with E-state index in [2.05, 4.69) is 5.32 Å². The second-order valence-electron chi connectivity index (χ2n) is 6.11. The minimum Gasteiger partial charge on any atom is -0.322 e. The van der Waals surface area contributed by atoms with Gasteiger partial charge in [0, 0.05) is 12.2 Å². The first-order valence-electron chi connectivity index (χ1n) is 8.77. The number of sulfonamides is 1. The topological polar surface area (TPSA) is 66.5 Å². The van der Waals surface area contributed by atoms with Gasteiger partial charge in [0.25, 0.3) is 15.9 Å². The van der Waals surface area contributed by atoms with E-state index >= 15 is 0 Å². The van der Waals surface area contributed by atoms with Crippen LogP contribution in [0.3, 0.4) is 0 Å². The van der Waals surface area contributed by atoms with Gasteiger partial charge in [0.05, 0.1) is 21.2 Å². The fourth-order valence-corrected chi connectivity index (χ4v) is 4.49. The first-order valence-corrected chi connectivity index (χ1v) is 10.6. The number of halogens is 2. The number of hydrogen-bond acceptors (Lipinski definition) is 3. The lowest BCUT2D eigenvalue weighted by Gasteiger charge is -2.23. The van der Waals surface area contributed by atoms with E-state index < -0.39 is 21.7 Å². The second-order valence-corrected chi connectivity index (χ2v) is 8.38. The van der Waals surface area contributed by atoms with Crippen molar-refractivity contribution in [2.75, 3.05) is 16.2 Å². The van der Waals surface area contributed by atoms with Crippen molar-refractivity contribution in [3.05, 3.63) is 89.2 Å². The fourth-order valence-electron chi connectivity index (χ4n) is 2.78. The van der Waals surface area contributed by atoms with Crippen LogP contribution in [0.2, 0.25) is 5.02 Å². The number of carbonyl (C=O) groups excluding carboxylic acids is 1. The van der Waals surface area contributed by atoms with Crippen molar-refractivity contribution in [1.82, 2.24) is 0 Å². The molecule has 0 atom stereocenters. The van der Waals surface area contributed by atoms with Crippen LogP contribution in [0, 0.1) is 5.82 Å². The summed E-state index contributed by atoms with van der Waals surface area (Å²) in [5.41, 5.74) is 0.878. The predicted octanol–water partition coefficient (Wildman–Crippen LogP) is 4.95. The molecule has 0 fully saturated rings. The Balaban J connectivity index is 1.95. The molecule has 5 nitrogen and oxygen atoms in total. The highest BCUT2D eigenvalue weighted by Crippen LogP contribution is 2.27. The molecule has 0 unspecified atom stereocenters. The molecular weight excluding hydrogens is 415 g/mol. The minimum atomic E-state index is -3.91. The molecule has 1 amide bonds. The smallest absolute Gasteiger partial charge is 0.264 e. The molecule has 1 N–H and O–H groups in total. The van der Waals surface area contributed by atoms with E-state index in [-0.39, 0.29) is 22.0 Å². The van der Waals surface area contributed by atoms with Crippen LogP contribution in [0.25, 0.3) is 0 Å². The number of hydrogen-bond donors (Lipinski definition) is 1. The monoisotopic (exact) mass is 432 g/mol. The summed E-state index contributed by atoms with van der Waals surface area (Å²) >= 11 is 6.13. The summed E-state index contributed by atoms with van der Waals surface area (Å²) in [4.78, 5) is 12.6. The third kappa shape index (κ3) is 4.58. The largest absolute Gasteiger partial charge is 0.322 e. The Kier molecular flexibility index (Phi) is 6.20. The molecule has 29 heavy (non-hydrogen) atoms. The van der Waals surface area contributed by atoms with Crippen molar-refractivity contribution in [3.8, 4) is 0 Å². The zero-order chi connectivity index (χ0) is 21.0. The molecule has 150 valence electrons. The first-order chi connectivity index (χ1) is 13.8.